The van der Waals surface area contributed by atoms with Crippen molar-refractivity contribution < 1.29 is 23.1 Å². The highest BCUT2D eigenvalue weighted by Crippen LogP contribution is 2.36. The van der Waals surface area contributed by atoms with Crippen molar-refractivity contribution in [2.45, 2.75) is 11.1 Å². The predicted molar refractivity (Wildman–Crippen MR) is 79.9 cm³/mol. The van der Waals surface area contributed by atoms with Crippen LogP contribution in [0.15, 0.2) is 39.0 Å². The summed E-state index contributed by atoms with van der Waals surface area (Å²) in [5.74, 6) is -1.06. The largest absolute Gasteiger partial charge is 0.477 e. The van der Waals surface area contributed by atoms with Crippen LogP contribution in [-0.2, 0) is 6.18 Å². The minimum atomic E-state index is -4.40. The molecular weight excluding hydrogens is 391 g/mol. The van der Waals surface area contributed by atoms with Crippen molar-refractivity contribution in [1.82, 2.24) is 0 Å². The second kappa shape index (κ2) is 6.29. The van der Waals surface area contributed by atoms with Crippen molar-refractivity contribution in [2.75, 3.05) is 4.72 Å². The van der Waals surface area contributed by atoms with Gasteiger partial charge in [-0.2, -0.15) is 13.2 Å². The van der Waals surface area contributed by atoms with Crippen molar-refractivity contribution in [1.29, 1.82) is 0 Å². The average molecular weight is 398 g/mol. The lowest BCUT2D eigenvalue weighted by atomic mass is 10.2. The van der Waals surface area contributed by atoms with Gasteiger partial charge in [-0.15, -0.1) is 11.3 Å². The van der Waals surface area contributed by atoms with E-state index in [1.54, 1.807) is 11.4 Å². The van der Waals surface area contributed by atoms with Gasteiger partial charge in [0.15, 0.2) is 0 Å². The van der Waals surface area contributed by atoms with E-state index in [1.165, 1.54) is 6.07 Å². The van der Waals surface area contributed by atoms with Gasteiger partial charge < -0.3 is 9.83 Å². The third-order valence-corrected chi connectivity index (χ3v) is 5.11. The second-order valence-corrected chi connectivity index (χ2v) is 6.43. The summed E-state index contributed by atoms with van der Waals surface area (Å²) in [7, 11) is 0. The first kappa shape index (κ1) is 16.2. The lowest BCUT2D eigenvalue weighted by molar-refractivity contribution is -0.137. The summed E-state index contributed by atoms with van der Waals surface area (Å²) < 4.78 is 40.7. The Kier molecular flexibility index (Phi) is 4.84. The lowest BCUT2D eigenvalue weighted by Crippen LogP contribution is -2.04. The fraction of sp³-hybridized carbons (Fsp3) is 0.0833. The maximum atomic E-state index is 12.5. The Morgan fingerprint density at radius 1 is 1.33 bits per heavy atom. The quantitative estimate of drug-likeness (QED) is 0.682. The molecule has 2 N–H and O–H groups in total. The molecule has 112 valence electrons. The van der Waals surface area contributed by atoms with Crippen LogP contribution in [0, 0.1) is 0 Å². The number of halogens is 4. The van der Waals surface area contributed by atoms with Crippen molar-refractivity contribution >= 4 is 50.9 Å². The number of aromatic carboxylic acids is 1. The molecule has 9 heteroatoms. The van der Waals surface area contributed by atoms with Gasteiger partial charge in [0.05, 0.1) is 11.3 Å². The fourth-order valence-corrected chi connectivity index (χ4v) is 3.48. The first-order valence-corrected chi connectivity index (χ1v) is 7.88. The summed E-state index contributed by atoms with van der Waals surface area (Å²) in [6.45, 7) is 0. The standard InChI is InChI=1S/C12H7BrF3NO2S2/c13-7-5-6(12(14,15)16)1-2-9(7)21-17-8-3-4-20-10(8)11(18)19/h1-5,17H,(H,18,19). The zero-order chi connectivity index (χ0) is 15.6. The molecule has 0 aliphatic carbocycles. The molecule has 2 aromatic rings. The maximum absolute atomic E-state index is 12.5. The van der Waals surface area contributed by atoms with E-state index in [2.05, 4.69) is 20.7 Å². The SMILES string of the molecule is O=C(O)c1sccc1NSc1ccc(C(F)(F)F)cc1Br. The Labute approximate surface area is 134 Å². The van der Waals surface area contributed by atoms with Gasteiger partial charge >= 0.3 is 12.1 Å². The first-order chi connectivity index (χ1) is 9.79. The zero-order valence-corrected chi connectivity index (χ0v) is 13.3. The van der Waals surface area contributed by atoms with E-state index < -0.39 is 17.7 Å². The third kappa shape index (κ3) is 3.92. The summed E-state index contributed by atoms with van der Waals surface area (Å²) in [6, 6.07) is 4.87. The van der Waals surface area contributed by atoms with Gasteiger partial charge in [-0.25, -0.2) is 4.79 Å². The monoisotopic (exact) mass is 397 g/mol. The van der Waals surface area contributed by atoms with Gasteiger partial charge in [-0.3, -0.25) is 0 Å². The van der Waals surface area contributed by atoms with Gasteiger partial charge in [0.2, 0.25) is 0 Å². The number of alkyl halides is 3. The second-order valence-electron chi connectivity index (χ2n) is 3.82. The number of nitrogens with one attached hydrogen (secondary N) is 1. The molecule has 1 aromatic heterocycles. The van der Waals surface area contributed by atoms with E-state index in [0.29, 0.717) is 10.6 Å². The molecule has 0 amide bonds. The Hall–Kier alpha value is -1.19. The number of carbonyl (C=O) groups is 1. The number of anilines is 1. The number of hydrogen-bond donors (Lipinski definition) is 2. The first-order valence-electron chi connectivity index (χ1n) is 5.39. The highest BCUT2D eigenvalue weighted by atomic mass is 79.9. The summed E-state index contributed by atoms with van der Waals surface area (Å²) in [5.41, 5.74) is -0.343. The van der Waals surface area contributed by atoms with Crippen molar-refractivity contribution in [2.24, 2.45) is 0 Å². The number of carboxylic acid groups (broad SMARTS) is 1. The molecule has 0 bridgehead atoms. The minimum Gasteiger partial charge on any atom is -0.477 e. The van der Waals surface area contributed by atoms with Crippen LogP contribution in [0.1, 0.15) is 15.2 Å². The van der Waals surface area contributed by atoms with Crippen LogP contribution >= 0.6 is 39.2 Å². The molecule has 0 radical (unpaired) electrons. The minimum absolute atomic E-state index is 0.144. The average Bonchev–Trinajstić information content (AvgIpc) is 2.84. The summed E-state index contributed by atoms with van der Waals surface area (Å²) in [5, 5.41) is 10.6. The molecule has 2 rings (SSSR count). The van der Waals surface area contributed by atoms with Crippen LogP contribution in [0.2, 0.25) is 0 Å². The van der Waals surface area contributed by atoms with Crippen molar-refractivity contribution in [3.05, 3.63) is 44.6 Å². The molecule has 0 atom stereocenters. The smallest absolute Gasteiger partial charge is 0.416 e. The highest BCUT2D eigenvalue weighted by Gasteiger charge is 2.30. The molecule has 1 heterocycles. The van der Waals surface area contributed by atoms with Gasteiger partial charge in [0.1, 0.15) is 4.88 Å². The Morgan fingerprint density at radius 2 is 2.05 bits per heavy atom. The Morgan fingerprint density at radius 3 is 2.62 bits per heavy atom. The van der Waals surface area contributed by atoms with Crippen LogP contribution in [0.3, 0.4) is 0 Å². The summed E-state index contributed by atoms with van der Waals surface area (Å²) in [4.78, 5) is 11.6. The number of hydrogen-bond acceptors (Lipinski definition) is 4. The number of carboxylic acids is 1. The normalized spacial score (nSPS) is 11.4. The van der Waals surface area contributed by atoms with E-state index >= 15 is 0 Å². The molecule has 0 fully saturated rings. The van der Waals surface area contributed by atoms with E-state index in [4.69, 9.17) is 5.11 Å². The lowest BCUT2D eigenvalue weighted by Gasteiger charge is -2.10. The van der Waals surface area contributed by atoms with Crippen molar-refractivity contribution in [3.8, 4) is 0 Å². The van der Waals surface area contributed by atoms with E-state index in [1.807, 2.05) is 0 Å². The van der Waals surface area contributed by atoms with Gasteiger partial charge in [-0.05, 0) is 57.5 Å². The number of rotatable bonds is 4. The third-order valence-electron chi connectivity index (χ3n) is 2.39. The molecule has 0 saturated heterocycles. The molecule has 1 aromatic carbocycles. The fourth-order valence-electron chi connectivity index (χ4n) is 1.43. The molecule has 21 heavy (non-hydrogen) atoms. The summed E-state index contributed by atoms with van der Waals surface area (Å²) in [6.07, 6.45) is -4.40. The summed E-state index contributed by atoms with van der Waals surface area (Å²) >= 11 is 5.18. The van der Waals surface area contributed by atoms with Crippen LogP contribution in [0.25, 0.3) is 0 Å². The van der Waals surface area contributed by atoms with Crippen LogP contribution in [0.5, 0.6) is 0 Å². The molecule has 0 spiro atoms. The number of thiophene rings is 1. The molecule has 3 nitrogen and oxygen atoms in total. The molecule has 0 unspecified atom stereocenters. The molecule has 0 aliphatic rings. The highest BCUT2D eigenvalue weighted by molar-refractivity contribution is 9.10. The molecule has 0 saturated carbocycles. The van der Waals surface area contributed by atoms with E-state index in [9.17, 15) is 18.0 Å². The topological polar surface area (TPSA) is 49.3 Å². The van der Waals surface area contributed by atoms with Crippen LogP contribution < -0.4 is 4.72 Å². The Bertz CT molecular complexity index is 673. The van der Waals surface area contributed by atoms with E-state index in [-0.39, 0.29) is 9.35 Å². The number of benzene rings is 1. The molecule has 0 aliphatic heterocycles. The van der Waals surface area contributed by atoms with Crippen LogP contribution in [0.4, 0.5) is 18.9 Å². The Balaban J connectivity index is 2.14. The van der Waals surface area contributed by atoms with Crippen LogP contribution in [-0.4, -0.2) is 11.1 Å². The maximum Gasteiger partial charge on any atom is 0.416 e. The van der Waals surface area contributed by atoms with Crippen molar-refractivity contribution in [3.63, 3.8) is 0 Å². The van der Waals surface area contributed by atoms with Gasteiger partial charge in [0, 0.05) is 9.37 Å². The van der Waals surface area contributed by atoms with Gasteiger partial charge in [0.25, 0.3) is 0 Å². The van der Waals surface area contributed by atoms with E-state index in [0.717, 1.165) is 35.4 Å². The molecular formula is C12H7BrF3NO2S2. The van der Waals surface area contributed by atoms with Gasteiger partial charge in [-0.1, -0.05) is 0 Å². The predicted octanol–water partition coefficient (Wildman–Crippen LogP) is 5.35. The zero-order valence-electron chi connectivity index (χ0n) is 10.1.